The Kier molecular flexibility index (Phi) is 3.48. The van der Waals surface area contributed by atoms with Gasteiger partial charge in [0.1, 0.15) is 12.5 Å². The van der Waals surface area contributed by atoms with E-state index >= 15 is 0 Å². The van der Waals surface area contributed by atoms with Gasteiger partial charge in [-0.25, -0.2) is 8.78 Å². The number of halogens is 4. The lowest BCUT2D eigenvalue weighted by molar-refractivity contribution is 0.481. The van der Waals surface area contributed by atoms with E-state index in [1.165, 1.54) is 6.07 Å². The third kappa shape index (κ3) is 2.24. The molecule has 0 spiro atoms. The fraction of sp³-hybridized carbons (Fsp3) is 0.143. The first-order chi connectivity index (χ1) is 5.15. The molecule has 0 unspecified atom stereocenters. The molecule has 1 aromatic carbocycles. The van der Waals surface area contributed by atoms with Crippen LogP contribution in [0.1, 0.15) is 5.56 Å². The van der Waals surface area contributed by atoms with Gasteiger partial charge in [0.25, 0.3) is 0 Å². The van der Waals surface area contributed by atoms with E-state index in [1.54, 1.807) is 6.07 Å². The average Bonchev–Trinajstić information content (AvgIpc) is 1.99. The predicted molar refractivity (Wildman–Crippen MR) is 56.6 cm³/mol. The molecule has 0 saturated heterocycles. The molecule has 0 amide bonds. The van der Waals surface area contributed by atoms with Gasteiger partial charge < -0.3 is 0 Å². The largest absolute Gasteiger partial charge is 0.246 e. The summed E-state index contributed by atoms with van der Waals surface area (Å²) in [5, 5.41) is 0. The van der Waals surface area contributed by atoms with Crippen molar-refractivity contribution in [3.8, 4) is 0 Å². The molecule has 0 nitrogen and oxygen atoms in total. The van der Waals surface area contributed by atoms with E-state index in [1.807, 2.05) is 45.2 Å². The number of hydrogen-bond donors (Lipinski definition) is 0. The Bertz CT molecular complexity index is 250. The van der Waals surface area contributed by atoms with E-state index in [-0.39, 0.29) is 5.82 Å². The van der Waals surface area contributed by atoms with Gasteiger partial charge in [-0.05, 0) is 62.9 Å². The van der Waals surface area contributed by atoms with E-state index in [0.717, 1.165) is 3.57 Å². The maximum Gasteiger partial charge on any atom is 0.137 e. The van der Waals surface area contributed by atoms with Gasteiger partial charge in [-0.1, -0.05) is 0 Å². The van der Waals surface area contributed by atoms with Crippen LogP contribution in [0.2, 0.25) is 0 Å². The molecular weight excluding hydrogens is 376 g/mol. The Labute approximate surface area is 90.7 Å². The summed E-state index contributed by atoms with van der Waals surface area (Å²) < 4.78 is 26.2. The molecule has 4 heteroatoms. The molecule has 0 saturated carbocycles. The van der Waals surface area contributed by atoms with Crippen LogP contribution < -0.4 is 0 Å². The summed E-state index contributed by atoms with van der Waals surface area (Å²) in [5.41, 5.74) is 0.396. The van der Waals surface area contributed by atoms with Crippen LogP contribution in [0.15, 0.2) is 12.1 Å². The summed E-state index contributed by atoms with van der Waals surface area (Å²) in [5.74, 6) is -0.342. The predicted octanol–water partition coefficient (Wildman–Crippen LogP) is 3.50. The van der Waals surface area contributed by atoms with Gasteiger partial charge in [0.2, 0.25) is 0 Å². The van der Waals surface area contributed by atoms with E-state index in [9.17, 15) is 8.78 Å². The first-order valence-electron chi connectivity index (χ1n) is 2.84. The summed E-state index contributed by atoms with van der Waals surface area (Å²) in [6.45, 7) is -0.607. The van der Waals surface area contributed by atoms with Gasteiger partial charge in [0.05, 0.1) is 3.57 Å². The highest BCUT2D eigenvalue weighted by Crippen LogP contribution is 2.20. The summed E-state index contributed by atoms with van der Waals surface area (Å²) in [4.78, 5) is 0. The van der Waals surface area contributed by atoms with Crippen LogP contribution in [-0.2, 0) is 6.67 Å². The summed E-state index contributed by atoms with van der Waals surface area (Å²) in [6, 6.07) is 2.87. The molecule has 1 aromatic rings. The Morgan fingerprint density at radius 1 is 1.27 bits per heavy atom. The normalized spacial score (nSPS) is 10.2. The van der Waals surface area contributed by atoms with Crippen LogP contribution in [0.3, 0.4) is 0 Å². The Balaban J connectivity index is 3.21. The van der Waals surface area contributed by atoms with Crippen molar-refractivity contribution in [1.29, 1.82) is 0 Å². The van der Waals surface area contributed by atoms with Crippen LogP contribution in [0.25, 0.3) is 0 Å². The molecule has 0 fully saturated rings. The topological polar surface area (TPSA) is 0 Å². The number of benzene rings is 1. The standard InChI is InChI=1S/C7H4F2I2/c8-3-4-1-5(9)7(11)6(10)2-4/h1-2H,3H2. The lowest BCUT2D eigenvalue weighted by Gasteiger charge is -2.00. The lowest BCUT2D eigenvalue weighted by atomic mass is 10.2. The Hall–Kier alpha value is 0.540. The molecule has 0 N–H and O–H groups in total. The van der Waals surface area contributed by atoms with Crippen LogP contribution in [0.4, 0.5) is 8.78 Å². The molecule has 11 heavy (non-hydrogen) atoms. The van der Waals surface area contributed by atoms with Crippen molar-refractivity contribution < 1.29 is 8.78 Å². The number of hydrogen-bond acceptors (Lipinski definition) is 0. The number of rotatable bonds is 1. The molecule has 0 radical (unpaired) electrons. The molecule has 1 rings (SSSR count). The molecule has 0 aliphatic carbocycles. The molecule has 0 atom stereocenters. The van der Waals surface area contributed by atoms with Crippen molar-refractivity contribution in [2.45, 2.75) is 6.67 Å². The van der Waals surface area contributed by atoms with Gasteiger partial charge in [0, 0.05) is 3.57 Å². The van der Waals surface area contributed by atoms with Crippen molar-refractivity contribution in [2.75, 3.05) is 0 Å². The number of alkyl halides is 1. The van der Waals surface area contributed by atoms with Crippen LogP contribution in [-0.4, -0.2) is 0 Å². The van der Waals surface area contributed by atoms with E-state index < -0.39 is 6.67 Å². The van der Waals surface area contributed by atoms with Crippen LogP contribution in [0.5, 0.6) is 0 Å². The van der Waals surface area contributed by atoms with Gasteiger partial charge in [-0.2, -0.15) is 0 Å². The summed E-state index contributed by atoms with van der Waals surface area (Å²) in [6.07, 6.45) is 0. The van der Waals surface area contributed by atoms with Gasteiger partial charge in [-0.15, -0.1) is 0 Å². The fourth-order valence-corrected chi connectivity index (χ4v) is 1.65. The van der Waals surface area contributed by atoms with Crippen molar-refractivity contribution in [3.05, 3.63) is 30.7 Å². The molecule has 0 bridgehead atoms. The minimum absolute atomic E-state index is 0.342. The van der Waals surface area contributed by atoms with Crippen molar-refractivity contribution in [2.24, 2.45) is 0 Å². The summed E-state index contributed by atoms with van der Waals surface area (Å²) >= 11 is 3.88. The minimum Gasteiger partial charge on any atom is -0.246 e. The SMILES string of the molecule is FCc1cc(F)c(I)c(I)c1. The average molecular weight is 380 g/mol. The van der Waals surface area contributed by atoms with Crippen molar-refractivity contribution >= 4 is 45.2 Å². The van der Waals surface area contributed by atoms with Crippen molar-refractivity contribution in [3.63, 3.8) is 0 Å². The van der Waals surface area contributed by atoms with Crippen LogP contribution >= 0.6 is 45.2 Å². The first-order valence-corrected chi connectivity index (χ1v) is 5.00. The Morgan fingerprint density at radius 2 is 1.91 bits per heavy atom. The molecule has 0 aromatic heterocycles. The molecular formula is C7H4F2I2. The highest BCUT2D eigenvalue weighted by molar-refractivity contribution is 14.1. The lowest BCUT2D eigenvalue weighted by Crippen LogP contribution is -1.90. The maximum atomic E-state index is 12.8. The first kappa shape index (κ1) is 9.63. The van der Waals surface area contributed by atoms with E-state index in [2.05, 4.69) is 0 Å². The monoisotopic (exact) mass is 380 g/mol. The third-order valence-corrected chi connectivity index (χ3v) is 4.18. The second-order valence-electron chi connectivity index (χ2n) is 2.01. The third-order valence-electron chi connectivity index (χ3n) is 1.20. The second kappa shape index (κ2) is 3.97. The van der Waals surface area contributed by atoms with E-state index in [0.29, 0.717) is 9.13 Å². The second-order valence-corrected chi connectivity index (χ2v) is 4.25. The van der Waals surface area contributed by atoms with Crippen LogP contribution in [0, 0.1) is 13.0 Å². The molecule has 0 aliphatic rings. The molecule has 0 aliphatic heterocycles. The van der Waals surface area contributed by atoms with Gasteiger partial charge in [0.15, 0.2) is 0 Å². The highest BCUT2D eigenvalue weighted by atomic mass is 127. The molecule has 60 valence electrons. The zero-order valence-electron chi connectivity index (χ0n) is 5.37. The Morgan fingerprint density at radius 3 is 2.36 bits per heavy atom. The van der Waals surface area contributed by atoms with Gasteiger partial charge >= 0.3 is 0 Å². The quantitative estimate of drug-likeness (QED) is 0.517. The maximum absolute atomic E-state index is 12.8. The zero-order chi connectivity index (χ0) is 8.43. The molecule has 0 heterocycles. The minimum atomic E-state index is -0.607. The van der Waals surface area contributed by atoms with Crippen molar-refractivity contribution in [1.82, 2.24) is 0 Å². The fourth-order valence-electron chi connectivity index (χ4n) is 0.685. The van der Waals surface area contributed by atoms with E-state index in [4.69, 9.17) is 0 Å². The zero-order valence-corrected chi connectivity index (χ0v) is 9.69. The summed E-state index contributed by atoms with van der Waals surface area (Å²) in [7, 11) is 0. The highest BCUT2D eigenvalue weighted by Gasteiger charge is 2.05. The van der Waals surface area contributed by atoms with Gasteiger partial charge in [-0.3, -0.25) is 0 Å². The smallest absolute Gasteiger partial charge is 0.137 e.